The van der Waals surface area contributed by atoms with Crippen LogP contribution < -0.4 is 20.7 Å². The van der Waals surface area contributed by atoms with E-state index in [1.807, 2.05) is 4.90 Å². The zero-order valence-corrected chi connectivity index (χ0v) is 18.4. The largest absolute Gasteiger partial charge is 0.424 e. The van der Waals surface area contributed by atoms with Gasteiger partial charge in [-0.05, 0) is 24.3 Å². The predicted molar refractivity (Wildman–Crippen MR) is 120 cm³/mol. The van der Waals surface area contributed by atoms with E-state index in [4.69, 9.17) is 10.5 Å². The highest BCUT2D eigenvalue weighted by Gasteiger charge is 2.20. The lowest BCUT2D eigenvalue weighted by Crippen LogP contribution is -2.30. The van der Waals surface area contributed by atoms with E-state index in [1.165, 1.54) is 16.2 Å². The number of thiazole rings is 1. The average molecular weight is 455 g/mol. The summed E-state index contributed by atoms with van der Waals surface area (Å²) >= 11 is 1.25. The molecule has 1 saturated heterocycles. The van der Waals surface area contributed by atoms with Crippen molar-refractivity contribution in [3.8, 4) is 22.5 Å². The maximum Gasteiger partial charge on any atom is 0.327 e. The van der Waals surface area contributed by atoms with Gasteiger partial charge in [0, 0.05) is 45.7 Å². The summed E-state index contributed by atoms with van der Waals surface area (Å²) in [5.74, 6) is 1.13. The Hall–Kier alpha value is -3.80. The monoisotopic (exact) mass is 454 g/mol. The molecule has 0 atom stereocenters. The fraction of sp³-hybridized carbons (Fsp3) is 0.300. The number of rotatable bonds is 5. The van der Waals surface area contributed by atoms with Crippen molar-refractivity contribution >= 4 is 34.2 Å². The second kappa shape index (κ2) is 9.14. The van der Waals surface area contributed by atoms with Gasteiger partial charge < -0.3 is 25.6 Å². The quantitative estimate of drug-likeness (QED) is 0.585. The molecule has 0 bridgehead atoms. The molecule has 1 fully saturated rings. The molecule has 1 aliphatic rings. The highest BCUT2D eigenvalue weighted by Crippen LogP contribution is 2.28. The van der Waals surface area contributed by atoms with Crippen LogP contribution in [0.4, 0.5) is 11.1 Å². The molecule has 0 radical (unpaired) electrons. The third-order valence-corrected chi connectivity index (χ3v) is 5.48. The molecular weight excluding hydrogens is 432 g/mol. The van der Waals surface area contributed by atoms with E-state index in [2.05, 4.69) is 25.3 Å². The minimum absolute atomic E-state index is 0.0131. The number of aromatic nitrogens is 4. The van der Waals surface area contributed by atoms with Crippen LogP contribution in [0.25, 0.3) is 10.7 Å². The lowest BCUT2D eigenvalue weighted by atomic mass is 10.2. The molecule has 4 rings (SSSR count). The summed E-state index contributed by atoms with van der Waals surface area (Å²) in [6.07, 6.45) is 1.93. The molecule has 2 aromatic heterocycles. The van der Waals surface area contributed by atoms with Crippen LogP contribution in [0.2, 0.25) is 0 Å². The van der Waals surface area contributed by atoms with E-state index < -0.39 is 0 Å². The molecule has 3 N–H and O–H groups in total. The Balaban J connectivity index is 1.64. The van der Waals surface area contributed by atoms with Crippen molar-refractivity contribution < 1.29 is 14.3 Å². The van der Waals surface area contributed by atoms with Crippen LogP contribution in [0.3, 0.4) is 0 Å². The maximum atomic E-state index is 12.1. The van der Waals surface area contributed by atoms with Crippen LogP contribution in [-0.2, 0) is 4.79 Å². The number of benzene rings is 1. The van der Waals surface area contributed by atoms with E-state index >= 15 is 0 Å². The summed E-state index contributed by atoms with van der Waals surface area (Å²) in [6, 6.07) is 6.80. The normalized spacial score (nSPS) is 13.9. The van der Waals surface area contributed by atoms with Crippen LogP contribution in [0, 0.1) is 0 Å². The highest BCUT2D eigenvalue weighted by molar-refractivity contribution is 7.18. The van der Waals surface area contributed by atoms with E-state index in [9.17, 15) is 9.59 Å². The van der Waals surface area contributed by atoms with Crippen molar-refractivity contribution in [2.75, 3.05) is 44.4 Å². The zero-order valence-electron chi connectivity index (χ0n) is 17.6. The SMILES string of the molecule is CN(C)C(=O)c1ccc(Oc2nc(-c3cnc(N)s3)nc(N3CCNC(=O)CC3)n2)cc1. The fourth-order valence-corrected chi connectivity index (χ4v) is 3.65. The van der Waals surface area contributed by atoms with Gasteiger partial charge in [-0.25, -0.2) is 4.98 Å². The molecule has 0 aliphatic carbocycles. The fourth-order valence-electron chi connectivity index (χ4n) is 3.03. The van der Waals surface area contributed by atoms with Crippen molar-refractivity contribution in [2.45, 2.75) is 6.42 Å². The number of nitrogens with two attached hydrogens (primary N) is 1. The lowest BCUT2D eigenvalue weighted by molar-refractivity contribution is -0.120. The molecule has 3 heterocycles. The van der Waals surface area contributed by atoms with Gasteiger partial charge in [0.25, 0.3) is 5.91 Å². The molecule has 0 saturated carbocycles. The molecular formula is C20H22N8O3S. The minimum Gasteiger partial charge on any atom is -0.424 e. The van der Waals surface area contributed by atoms with E-state index in [-0.39, 0.29) is 17.8 Å². The summed E-state index contributed by atoms with van der Waals surface area (Å²) in [5, 5.41) is 3.23. The van der Waals surface area contributed by atoms with Crippen LogP contribution in [0.15, 0.2) is 30.5 Å². The van der Waals surface area contributed by atoms with Crippen molar-refractivity contribution in [2.24, 2.45) is 0 Å². The number of nitrogen functional groups attached to an aromatic ring is 1. The Bertz CT molecular complexity index is 1130. The van der Waals surface area contributed by atoms with Crippen LogP contribution >= 0.6 is 11.3 Å². The Labute approximate surface area is 188 Å². The number of nitrogens with one attached hydrogen (secondary N) is 1. The number of nitrogens with zero attached hydrogens (tertiary/aromatic N) is 6. The first-order chi connectivity index (χ1) is 15.4. The zero-order chi connectivity index (χ0) is 22.7. The first-order valence-corrected chi connectivity index (χ1v) is 10.7. The smallest absolute Gasteiger partial charge is 0.327 e. The minimum atomic E-state index is -0.103. The lowest BCUT2D eigenvalue weighted by Gasteiger charge is -2.20. The summed E-state index contributed by atoms with van der Waals surface area (Å²) in [4.78, 5) is 45.4. The van der Waals surface area contributed by atoms with E-state index in [0.717, 1.165) is 0 Å². The van der Waals surface area contributed by atoms with Gasteiger partial charge in [0.15, 0.2) is 11.0 Å². The molecule has 32 heavy (non-hydrogen) atoms. The molecule has 12 heteroatoms. The Morgan fingerprint density at radius 3 is 2.66 bits per heavy atom. The van der Waals surface area contributed by atoms with Gasteiger partial charge >= 0.3 is 6.01 Å². The van der Waals surface area contributed by atoms with Gasteiger partial charge in [-0.15, -0.1) is 0 Å². The van der Waals surface area contributed by atoms with Gasteiger partial charge in [-0.1, -0.05) is 11.3 Å². The molecule has 0 unspecified atom stereocenters. The Morgan fingerprint density at radius 2 is 1.97 bits per heavy atom. The topological polar surface area (TPSA) is 139 Å². The number of carbonyl (C=O) groups excluding carboxylic acids is 2. The van der Waals surface area contributed by atoms with Crippen LogP contribution in [0.5, 0.6) is 11.8 Å². The second-order valence-electron chi connectivity index (χ2n) is 7.22. The van der Waals surface area contributed by atoms with Gasteiger partial charge in [0.1, 0.15) is 5.75 Å². The maximum absolute atomic E-state index is 12.1. The standard InChI is InChI=1S/C20H22N8O3S/c1-27(2)17(30)12-3-5-13(6-4-12)31-20-25-16(14-11-23-18(21)32-14)24-19(26-20)28-9-7-15(29)22-8-10-28/h3-6,11H,7-10H2,1-2H3,(H2,21,23)(H,22,29). The van der Waals surface area contributed by atoms with Crippen molar-refractivity contribution in [1.29, 1.82) is 0 Å². The van der Waals surface area contributed by atoms with Crippen molar-refractivity contribution in [3.05, 3.63) is 36.0 Å². The Morgan fingerprint density at radius 1 is 1.19 bits per heavy atom. The number of anilines is 2. The van der Waals surface area contributed by atoms with E-state index in [1.54, 1.807) is 44.6 Å². The number of carbonyl (C=O) groups is 2. The van der Waals surface area contributed by atoms with Crippen LogP contribution in [-0.4, -0.2) is 70.4 Å². The number of hydrogen-bond donors (Lipinski definition) is 2. The molecule has 166 valence electrons. The number of hydrogen-bond acceptors (Lipinski definition) is 10. The van der Waals surface area contributed by atoms with Crippen LogP contribution in [0.1, 0.15) is 16.8 Å². The van der Waals surface area contributed by atoms with Crippen molar-refractivity contribution in [1.82, 2.24) is 30.2 Å². The summed E-state index contributed by atoms with van der Waals surface area (Å²) in [7, 11) is 3.39. The second-order valence-corrected chi connectivity index (χ2v) is 8.28. The number of ether oxygens (including phenoxy) is 1. The van der Waals surface area contributed by atoms with Crippen molar-refractivity contribution in [3.63, 3.8) is 0 Å². The molecule has 1 aliphatic heterocycles. The number of amides is 2. The molecule has 3 aromatic rings. The summed E-state index contributed by atoms with van der Waals surface area (Å²) in [6.45, 7) is 1.52. The third-order valence-electron chi connectivity index (χ3n) is 4.66. The summed E-state index contributed by atoms with van der Waals surface area (Å²) < 4.78 is 5.88. The predicted octanol–water partition coefficient (Wildman–Crippen LogP) is 1.40. The Kier molecular flexibility index (Phi) is 6.12. The molecule has 1 aromatic carbocycles. The summed E-state index contributed by atoms with van der Waals surface area (Å²) in [5.41, 5.74) is 6.31. The highest BCUT2D eigenvalue weighted by atomic mass is 32.1. The van der Waals surface area contributed by atoms with Gasteiger partial charge in [-0.2, -0.15) is 15.0 Å². The van der Waals surface area contributed by atoms with Gasteiger partial charge in [0.05, 0.1) is 11.1 Å². The average Bonchev–Trinajstić information content (AvgIpc) is 3.10. The van der Waals surface area contributed by atoms with Gasteiger partial charge in [-0.3, -0.25) is 9.59 Å². The third kappa shape index (κ3) is 4.91. The molecule has 2 amide bonds. The first-order valence-electron chi connectivity index (χ1n) is 9.88. The van der Waals surface area contributed by atoms with Gasteiger partial charge in [0.2, 0.25) is 11.9 Å². The van der Waals surface area contributed by atoms with E-state index in [0.29, 0.717) is 59.1 Å². The molecule has 11 nitrogen and oxygen atoms in total. The first kappa shape index (κ1) is 21.4. The molecule has 0 spiro atoms.